The number of alkyl halides is 3. The first-order valence-electron chi connectivity index (χ1n) is 9.26. The summed E-state index contributed by atoms with van der Waals surface area (Å²) in [5.41, 5.74) is 2.58. The minimum absolute atomic E-state index is 0.363. The zero-order valence-corrected chi connectivity index (χ0v) is 17.4. The van der Waals surface area contributed by atoms with E-state index in [1.807, 2.05) is 23.5 Å². The van der Waals surface area contributed by atoms with Gasteiger partial charge in [0.2, 0.25) is 0 Å². The van der Waals surface area contributed by atoms with Crippen molar-refractivity contribution in [1.29, 1.82) is 0 Å². The molecule has 1 aliphatic heterocycles. The van der Waals surface area contributed by atoms with Gasteiger partial charge in [-0.25, -0.2) is 14.6 Å². The first kappa shape index (κ1) is 23.8. The molecule has 0 saturated carbocycles. The molecule has 2 N–H and O–H groups in total. The molecule has 0 spiro atoms. The molecule has 1 aliphatic rings. The number of aromatic nitrogens is 1. The summed E-state index contributed by atoms with van der Waals surface area (Å²) in [6.45, 7) is 7.09. The van der Waals surface area contributed by atoms with Crippen LogP contribution in [0.1, 0.15) is 50.3 Å². The lowest BCUT2D eigenvalue weighted by Crippen LogP contribution is -2.33. The number of aromatic carboxylic acids is 1. The van der Waals surface area contributed by atoms with Crippen molar-refractivity contribution in [3.8, 4) is 0 Å². The normalized spacial score (nSPS) is 17.2. The molecule has 30 heavy (non-hydrogen) atoms. The predicted octanol–water partition coefficient (Wildman–Crippen LogP) is 4.47. The van der Waals surface area contributed by atoms with Gasteiger partial charge in [0.05, 0.1) is 16.3 Å². The van der Waals surface area contributed by atoms with Crippen molar-refractivity contribution >= 4 is 23.3 Å². The lowest BCUT2D eigenvalue weighted by molar-refractivity contribution is -0.192. The molecule has 1 atom stereocenters. The molecule has 1 fully saturated rings. The summed E-state index contributed by atoms with van der Waals surface area (Å²) in [7, 11) is 0. The number of likely N-dealkylation sites (tertiary alicyclic amines) is 1. The van der Waals surface area contributed by atoms with Gasteiger partial charge in [0.25, 0.3) is 0 Å². The number of halogens is 3. The predicted molar refractivity (Wildman–Crippen MR) is 106 cm³/mol. The van der Waals surface area contributed by atoms with Gasteiger partial charge in [-0.15, -0.1) is 11.3 Å². The number of piperidine rings is 1. The molecule has 10 heteroatoms. The average Bonchev–Trinajstić information content (AvgIpc) is 3.01. The summed E-state index contributed by atoms with van der Waals surface area (Å²) in [5, 5.41) is 17.5. The van der Waals surface area contributed by atoms with Crippen molar-refractivity contribution in [1.82, 2.24) is 9.88 Å². The second-order valence-corrected chi connectivity index (χ2v) is 8.31. The highest BCUT2D eigenvalue weighted by molar-refractivity contribution is 7.11. The Bertz CT molecular complexity index is 879. The van der Waals surface area contributed by atoms with Crippen molar-refractivity contribution in [3.63, 3.8) is 0 Å². The minimum atomic E-state index is -5.08. The van der Waals surface area contributed by atoms with Crippen LogP contribution < -0.4 is 0 Å². The summed E-state index contributed by atoms with van der Waals surface area (Å²) in [5.74, 6) is -3.12. The fourth-order valence-electron chi connectivity index (χ4n) is 3.13. The summed E-state index contributed by atoms with van der Waals surface area (Å²) >= 11 is 1.82. The van der Waals surface area contributed by atoms with E-state index in [9.17, 15) is 18.0 Å². The molecule has 6 nitrogen and oxygen atoms in total. The quantitative estimate of drug-likeness (QED) is 0.723. The topological polar surface area (TPSA) is 90.7 Å². The highest BCUT2D eigenvalue weighted by Crippen LogP contribution is 2.31. The number of thiazole rings is 1. The monoisotopic (exact) mass is 444 g/mol. The van der Waals surface area contributed by atoms with Gasteiger partial charge in [-0.3, -0.25) is 4.90 Å². The third-order valence-corrected chi connectivity index (χ3v) is 5.96. The zero-order valence-electron chi connectivity index (χ0n) is 16.6. The molecule has 0 bridgehead atoms. The van der Waals surface area contributed by atoms with Gasteiger partial charge in [-0.1, -0.05) is 12.1 Å². The van der Waals surface area contributed by atoms with Gasteiger partial charge < -0.3 is 10.2 Å². The van der Waals surface area contributed by atoms with Gasteiger partial charge in [-0.05, 0) is 50.9 Å². The SMILES string of the molecule is Cc1nc(C2CCCN(Cc3cccc(C(=O)O)c3)C2)sc1C.O=C(O)C(F)(F)F. The minimum Gasteiger partial charge on any atom is -0.478 e. The Kier molecular flexibility index (Phi) is 7.96. The maximum Gasteiger partial charge on any atom is 0.490 e. The van der Waals surface area contributed by atoms with Crippen LogP contribution in [0.15, 0.2) is 24.3 Å². The van der Waals surface area contributed by atoms with E-state index in [1.165, 1.54) is 22.7 Å². The molecule has 2 heterocycles. The summed E-state index contributed by atoms with van der Waals surface area (Å²) in [6, 6.07) is 7.26. The second kappa shape index (κ2) is 10.0. The van der Waals surface area contributed by atoms with Crippen LogP contribution in [0.5, 0.6) is 0 Å². The number of rotatable bonds is 4. The highest BCUT2D eigenvalue weighted by atomic mass is 32.1. The van der Waals surface area contributed by atoms with Crippen molar-refractivity contribution < 1.29 is 33.0 Å². The van der Waals surface area contributed by atoms with Crippen molar-refractivity contribution in [3.05, 3.63) is 51.0 Å². The van der Waals surface area contributed by atoms with E-state index in [-0.39, 0.29) is 0 Å². The molecule has 0 radical (unpaired) electrons. The Hall–Kier alpha value is -2.46. The Labute approximate surface area is 176 Å². The standard InChI is InChI=1S/C18H22N2O2S.C2HF3O2/c1-12-13(2)23-17(19-12)16-7-4-8-20(11-16)10-14-5-3-6-15(9-14)18(21)22;3-2(4,5)1(6)7/h3,5-6,9,16H,4,7-8,10-11H2,1-2H3,(H,21,22);(H,6,7). The second-order valence-electron chi connectivity index (χ2n) is 7.08. The van der Waals surface area contributed by atoms with Crippen LogP contribution in [0, 0.1) is 13.8 Å². The lowest BCUT2D eigenvalue weighted by Gasteiger charge is -2.31. The molecular weight excluding hydrogens is 421 g/mol. The Morgan fingerprint density at radius 3 is 2.47 bits per heavy atom. The van der Waals surface area contributed by atoms with E-state index in [1.54, 1.807) is 12.1 Å². The number of carbonyl (C=O) groups is 2. The molecule has 1 aromatic heterocycles. The van der Waals surface area contributed by atoms with E-state index < -0.39 is 18.1 Å². The lowest BCUT2D eigenvalue weighted by atomic mass is 9.98. The summed E-state index contributed by atoms with van der Waals surface area (Å²) < 4.78 is 31.7. The molecule has 0 amide bonds. The van der Waals surface area contributed by atoms with Crippen LogP contribution in [0.3, 0.4) is 0 Å². The van der Waals surface area contributed by atoms with Crippen LogP contribution in [-0.2, 0) is 11.3 Å². The molecule has 1 saturated heterocycles. The van der Waals surface area contributed by atoms with Crippen LogP contribution in [0.2, 0.25) is 0 Å². The Morgan fingerprint density at radius 1 is 1.27 bits per heavy atom. The maximum atomic E-state index is 11.1. The van der Waals surface area contributed by atoms with E-state index in [0.29, 0.717) is 11.5 Å². The number of hydrogen-bond acceptors (Lipinski definition) is 5. The average molecular weight is 444 g/mol. The van der Waals surface area contributed by atoms with Gasteiger partial charge in [0.1, 0.15) is 0 Å². The number of aryl methyl sites for hydroxylation is 2. The number of benzene rings is 1. The first-order chi connectivity index (χ1) is 14.0. The first-order valence-corrected chi connectivity index (χ1v) is 10.1. The fourth-order valence-corrected chi connectivity index (χ4v) is 4.18. The van der Waals surface area contributed by atoms with Crippen molar-refractivity contribution in [2.24, 2.45) is 0 Å². The number of aliphatic carboxylic acids is 1. The van der Waals surface area contributed by atoms with Gasteiger partial charge in [0, 0.05) is 23.9 Å². The molecule has 1 aromatic carbocycles. The molecule has 1 unspecified atom stereocenters. The molecule has 2 aromatic rings. The highest BCUT2D eigenvalue weighted by Gasteiger charge is 2.38. The summed E-state index contributed by atoms with van der Waals surface area (Å²) in [4.78, 5) is 28.4. The maximum absolute atomic E-state index is 11.1. The Balaban J connectivity index is 0.000000396. The number of hydrogen-bond donors (Lipinski definition) is 2. The van der Waals surface area contributed by atoms with E-state index >= 15 is 0 Å². The van der Waals surface area contributed by atoms with Gasteiger partial charge in [0.15, 0.2) is 0 Å². The van der Waals surface area contributed by atoms with Gasteiger partial charge >= 0.3 is 18.1 Å². The van der Waals surface area contributed by atoms with E-state index in [0.717, 1.165) is 30.9 Å². The van der Waals surface area contributed by atoms with E-state index in [2.05, 4.69) is 18.7 Å². The van der Waals surface area contributed by atoms with E-state index in [4.69, 9.17) is 20.0 Å². The van der Waals surface area contributed by atoms with Gasteiger partial charge in [-0.2, -0.15) is 13.2 Å². The van der Waals surface area contributed by atoms with Crippen LogP contribution in [-0.4, -0.2) is 51.3 Å². The third-order valence-electron chi connectivity index (χ3n) is 4.72. The molecular formula is C20H23F3N2O4S. The number of nitrogens with zero attached hydrogens (tertiary/aromatic N) is 2. The molecule has 3 rings (SSSR count). The fraction of sp³-hybridized carbons (Fsp3) is 0.450. The van der Waals surface area contributed by atoms with Crippen LogP contribution >= 0.6 is 11.3 Å². The number of carboxylic acid groups (broad SMARTS) is 2. The third kappa shape index (κ3) is 6.81. The van der Waals surface area contributed by atoms with Crippen molar-refractivity contribution in [2.75, 3.05) is 13.1 Å². The number of carboxylic acids is 2. The smallest absolute Gasteiger partial charge is 0.478 e. The Morgan fingerprint density at radius 2 is 1.93 bits per heavy atom. The largest absolute Gasteiger partial charge is 0.490 e. The zero-order chi connectivity index (χ0) is 22.5. The molecule has 164 valence electrons. The van der Waals surface area contributed by atoms with Crippen molar-refractivity contribution in [2.45, 2.75) is 45.3 Å². The summed E-state index contributed by atoms with van der Waals surface area (Å²) in [6.07, 6.45) is -2.72. The van der Waals surface area contributed by atoms with Crippen LogP contribution in [0.25, 0.3) is 0 Å². The molecule has 0 aliphatic carbocycles. The van der Waals surface area contributed by atoms with Crippen LogP contribution in [0.4, 0.5) is 13.2 Å².